The fourth-order valence-corrected chi connectivity index (χ4v) is 2.56. The monoisotopic (exact) mass is 230 g/mol. The second-order valence-corrected chi connectivity index (χ2v) is 5.18. The molecule has 2 heterocycles. The molecule has 0 aromatic carbocycles. The van der Waals surface area contributed by atoms with Crippen LogP contribution in [0.3, 0.4) is 0 Å². The van der Waals surface area contributed by atoms with Gasteiger partial charge < -0.3 is 4.74 Å². The highest BCUT2D eigenvalue weighted by Crippen LogP contribution is 2.25. The summed E-state index contributed by atoms with van der Waals surface area (Å²) in [5, 5.41) is 0. The van der Waals surface area contributed by atoms with Crippen LogP contribution < -0.4 is 0 Å². The summed E-state index contributed by atoms with van der Waals surface area (Å²) < 4.78 is 5.90. The average Bonchev–Trinajstić information content (AvgIpc) is 2.75. The fraction of sp³-hybridized carbons (Fsp3) is 0.500. The van der Waals surface area contributed by atoms with Crippen molar-refractivity contribution in [2.24, 2.45) is 5.92 Å². The van der Waals surface area contributed by atoms with Gasteiger partial charge in [-0.1, -0.05) is 11.6 Å². The second-order valence-electron chi connectivity index (χ2n) is 3.46. The first-order valence-corrected chi connectivity index (χ1v) is 5.81. The quantitative estimate of drug-likeness (QED) is 0.747. The predicted octanol–water partition coefficient (Wildman–Crippen LogP) is 3.01. The van der Waals surface area contributed by atoms with E-state index in [0.717, 1.165) is 24.5 Å². The smallest absolute Gasteiger partial charge is 0.173 e. The zero-order valence-corrected chi connectivity index (χ0v) is 9.24. The fourth-order valence-electron chi connectivity index (χ4n) is 1.57. The maximum atomic E-state index is 11.7. The lowest BCUT2D eigenvalue weighted by atomic mass is 10.0. The van der Waals surface area contributed by atoms with Crippen LogP contribution in [-0.4, -0.2) is 19.0 Å². The third-order valence-corrected chi connectivity index (χ3v) is 3.62. The van der Waals surface area contributed by atoms with Gasteiger partial charge in [-0.05, 0) is 24.5 Å². The van der Waals surface area contributed by atoms with Gasteiger partial charge in [-0.15, -0.1) is 11.3 Å². The van der Waals surface area contributed by atoms with E-state index in [9.17, 15) is 4.79 Å². The molecule has 2 nitrogen and oxygen atoms in total. The zero-order valence-electron chi connectivity index (χ0n) is 7.66. The molecule has 1 aromatic rings. The van der Waals surface area contributed by atoms with Crippen molar-refractivity contribution >= 4 is 28.7 Å². The zero-order chi connectivity index (χ0) is 9.97. The molecule has 1 unspecified atom stereocenters. The molecule has 0 aliphatic carbocycles. The summed E-state index contributed by atoms with van der Waals surface area (Å²) in [4.78, 5) is 12.5. The molecule has 0 saturated carbocycles. The Kier molecular flexibility index (Phi) is 3.21. The molecule has 1 aromatic heterocycles. The van der Waals surface area contributed by atoms with Gasteiger partial charge in [-0.2, -0.15) is 0 Å². The van der Waals surface area contributed by atoms with Gasteiger partial charge in [0, 0.05) is 19.6 Å². The van der Waals surface area contributed by atoms with Gasteiger partial charge in [0.1, 0.15) is 0 Å². The summed E-state index contributed by atoms with van der Waals surface area (Å²) in [5.74, 6) is 0.598. The number of thiophene rings is 1. The third-order valence-electron chi connectivity index (χ3n) is 2.35. The van der Waals surface area contributed by atoms with Crippen molar-refractivity contribution in [2.45, 2.75) is 12.8 Å². The lowest BCUT2D eigenvalue weighted by molar-refractivity contribution is 0.0956. The van der Waals surface area contributed by atoms with Crippen LogP contribution in [0.15, 0.2) is 12.1 Å². The third kappa shape index (κ3) is 2.35. The first kappa shape index (κ1) is 10.1. The summed E-state index contributed by atoms with van der Waals surface area (Å²) in [5.41, 5.74) is 0. The highest BCUT2D eigenvalue weighted by molar-refractivity contribution is 7.18. The first-order chi connectivity index (χ1) is 6.75. The van der Waals surface area contributed by atoms with Crippen molar-refractivity contribution in [1.82, 2.24) is 0 Å². The molecule has 0 bridgehead atoms. The summed E-state index contributed by atoms with van der Waals surface area (Å²) in [6.45, 7) is 1.52. The van der Waals surface area contributed by atoms with Gasteiger partial charge >= 0.3 is 0 Å². The van der Waals surface area contributed by atoms with Crippen LogP contribution in [-0.2, 0) is 4.74 Å². The molecule has 0 amide bonds. The predicted molar refractivity (Wildman–Crippen MR) is 57.2 cm³/mol. The van der Waals surface area contributed by atoms with E-state index in [2.05, 4.69) is 0 Å². The molecule has 4 heteroatoms. The first-order valence-electron chi connectivity index (χ1n) is 4.62. The average molecular weight is 231 g/mol. The van der Waals surface area contributed by atoms with Crippen molar-refractivity contribution in [2.75, 3.05) is 13.2 Å². The number of halogens is 1. The molecule has 0 N–H and O–H groups in total. The van der Waals surface area contributed by atoms with E-state index in [0.29, 0.717) is 16.7 Å². The van der Waals surface area contributed by atoms with E-state index in [4.69, 9.17) is 16.3 Å². The number of Topliss-reactive ketones (excluding diaryl/α,β-unsaturated/α-hetero) is 1. The largest absolute Gasteiger partial charge is 0.381 e. The minimum Gasteiger partial charge on any atom is -0.381 e. The number of carbonyl (C=O) groups is 1. The normalized spacial score (nSPS) is 21.4. The number of hydrogen-bond acceptors (Lipinski definition) is 3. The van der Waals surface area contributed by atoms with Crippen LogP contribution >= 0.6 is 22.9 Å². The molecule has 1 atom stereocenters. The van der Waals surface area contributed by atoms with Crippen molar-refractivity contribution in [1.29, 1.82) is 0 Å². The Labute approximate surface area is 91.8 Å². The van der Waals surface area contributed by atoms with Gasteiger partial charge in [-0.25, -0.2) is 0 Å². The number of rotatable bonds is 3. The Morgan fingerprint density at radius 2 is 2.50 bits per heavy atom. The van der Waals surface area contributed by atoms with E-state index in [1.165, 1.54) is 11.3 Å². The Balaban J connectivity index is 1.95. The molecule has 1 saturated heterocycles. The van der Waals surface area contributed by atoms with E-state index >= 15 is 0 Å². The topological polar surface area (TPSA) is 26.3 Å². The van der Waals surface area contributed by atoms with Gasteiger partial charge in [0.05, 0.1) is 9.21 Å². The number of carbonyl (C=O) groups excluding carboxylic acids is 1. The van der Waals surface area contributed by atoms with Crippen LogP contribution in [0.4, 0.5) is 0 Å². The standard InChI is InChI=1S/C10H11ClO2S/c11-10-2-1-9(14-10)8(12)5-7-3-4-13-6-7/h1-2,7H,3-6H2. The summed E-state index contributed by atoms with van der Waals surface area (Å²) in [7, 11) is 0. The number of ketones is 1. The molecule has 0 spiro atoms. The maximum Gasteiger partial charge on any atom is 0.173 e. The van der Waals surface area contributed by atoms with Crippen molar-refractivity contribution in [3.05, 3.63) is 21.3 Å². The van der Waals surface area contributed by atoms with E-state index in [-0.39, 0.29) is 5.78 Å². The Morgan fingerprint density at radius 3 is 3.07 bits per heavy atom. The Morgan fingerprint density at radius 1 is 1.64 bits per heavy atom. The van der Waals surface area contributed by atoms with Crippen LogP contribution in [0.1, 0.15) is 22.5 Å². The highest BCUT2D eigenvalue weighted by atomic mass is 35.5. The van der Waals surface area contributed by atoms with Crippen molar-refractivity contribution in [3.63, 3.8) is 0 Å². The van der Waals surface area contributed by atoms with E-state index < -0.39 is 0 Å². The molecular formula is C10H11ClO2S. The molecule has 2 rings (SSSR count). The Hall–Kier alpha value is -0.380. The molecule has 1 aliphatic rings. The highest BCUT2D eigenvalue weighted by Gasteiger charge is 2.20. The van der Waals surface area contributed by atoms with Crippen molar-refractivity contribution < 1.29 is 9.53 Å². The molecule has 76 valence electrons. The van der Waals surface area contributed by atoms with Crippen LogP contribution in [0.25, 0.3) is 0 Å². The molecular weight excluding hydrogens is 220 g/mol. The van der Waals surface area contributed by atoms with Gasteiger partial charge in [0.2, 0.25) is 0 Å². The lowest BCUT2D eigenvalue weighted by Crippen LogP contribution is -2.07. The molecule has 14 heavy (non-hydrogen) atoms. The van der Waals surface area contributed by atoms with Gasteiger partial charge in [0.25, 0.3) is 0 Å². The van der Waals surface area contributed by atoms with E-state index in [1.807, 2.05) is 0 Å². The van der Waals surface area contributed by atoms with Crippen molar-refractivity contribution in [3.8, 4) is 0 Å². The molecule has 1 fully saturated rings. The molecule has 0 radical (unpaired) electrons. The lowest BCUT2D eigenvalue weighted by Gasteiger charge is -2.03. The Bertz CT molecular complexity index is 329. The summed E-state index contributed by atoms with van der Waals surface area (Å²) in [6.07, 6.45) is 1.60. The minimum absolute atomic E-state index is 0.192. The van der Waals surface area contributed by atoms with E-state index in [1.54, 1.807) is 12.1 Å². The second kappa shape index (κ2) is 4.43. The van der Waals surface area contributed by atoms with Crippen LogP contribution in [0, 0.1) is 5.92 Å². The minimum atomic E-state index is 0.192. The van der Waals surface area contributed by atoms with Crippen LogP contribution in [0.2, 0.25) is 4.34 Å². The summed E-state index contributed by atoms with van der Waals surface area (Å²) in [6, 6.07) is 3.57. The van der Waals surface area contributed by atoms with Crippen LogP contribution in [0.5, 0.6) is 0 Å². The summed E-state index contributed by atoms with van der Waals surface area (Å²) >= 11 is 7.12. The van der Waals surface area contributed by atoms with Gasteiger partial charge in [0.15, 0.2) is 5.78 Å². The number of ether oxygens (including phenoxy) is 1. The maximum absolute atomic E-state index is 11.7. The molecule has 1 aliphatic heterocycles. The SMILES string of the molecule is O=C(CC1CCOC1)c1ccc(Cl)s1. The number of hydrogen-bond donors (Lipinski definition) is 0. The van der Waals surface area contributed by atoms with Gasteiger partial charge in [-0.3, -0.25) is 4.79 Å².